The topological polar surface area (TPSA) is 96.5 Å². The van der Waals surface area contributed by atoms with E-state index in [2.05, 4.69) is 22.0 Å². The van der Waals surface area contributed by atoms with Crippen LogP contribution >= 0.6 is 11.8 Å². The molecule has 0 radical (unpaired) electrons. The quantitative estimate of drug-likeness (QED) is 0.729. The molecular formula is C18H23N3O4S. The van der Waals surface area contributed by atoms with Gasteiger partial charge in [0.1, 0.15) is 0 Å². The van der Waals surface area contributed by atoms with Gasteiger partial charge in [-0.15, -0.1) is 11.8 Å². The van der Waals surface area contributed by atoms with Crippen molar-refractivity contribution >= 4 is 29.7 Å². The molecule has 2 heterocycles. The fraction of sp³-hybridized carbons (Fsp3) is 0.500. The average Bonchev–Trinajstić information content (AvgIpc) is 3.09. The molecule has 8 heteroatoms. The summed E-state index contributed by atoms with van der Waals surface area (Å²) < 4.78 is 4.74. The number of ether oxygens (including phenoxy) is 1. The first kappa shape index (κ1) is 18.7. The normalized spacial score (nSPS) is 24.4. The van der Waals surface area contributed by atoms with Gasteiger partial charge in [-0.3, -0.25) is 14.9 Å². The lowest BCUT2D eigenvalue weighted by Gasteiger charge is -2.27. The number of nitrogens with one attached hydrogen (secondary N) is 3. The van der Waals surface area contributed by atoms with Crippen molar-refractivity contribution < 1.29 is 19.1 Å². The number of hydrogen-bond acceptors (Lipinski definition) is 6. The molecule has 1 fully saturated rings. The molecule has 2 aliphatic heterocycles. The van der Waals surface area contributed by atoms with Crippen LogP contribution in [0.15, 0.2) is 24.3 Å². The molecule has 2 aliphatic rings. The number of benzene rings is 1. The molecular weight excluding hydrogens is 354 g/mol. The second-order valence-electron chi connectivity index (χ2n) is 6.31. The minimum absolute atomic E-state index is 0.118. The van der Waals surface area contributed by atoms with Gasteiger partial charge >= 0.3 is 6.09 Å². The second kappa shape index (κ2) is 8.55. The van der Waals surface area contributed by atoms with Crippen molar-refractivity contribution in [1.82, 2.24) is 16.0 Å². The largest absolute Gasteiger partial charge is 0.450 e. The highest BCUT2D eigenvalue weighted by Crippen LogP contribution is 2.31. The van der Waals surface area contributed by atoms with E-state index >= 15 is 0 Å². The summed E-state index contributed by atoms with van der Waals surface area (Å²) in [7, 11) is 0. The van der Waals surface area contributed by atoms with Crippen LogP contribution < -0.4 is 16.0 Å². The first-order valence-electron chi connectivity index (χ1n) is 8.78. The Morgan fingerprint density at radius 1 is 1.23 bits per heavy atom. The van der Waals surface area contributed by atoms with E-state index in [1.165, 1.54) is 22.9 Å². The first-order chi connectivity index (χ1) is 12.6. The van der Waals surface area contributed by atoms with Crippen molar-refractivity contribution in [2.45, 2.75) is 37.7 Å². The van der Waals surface area contributed by atoms with Crippen LogP contribution in [0.4, 0.5) is 4.79 Å². The lowest BCUT2D eigenvalue weighted by molar-refractivity contribution is -0.126. The number of carbonyl (C=O) groups is 3. The number of hydrogen-bond donors (Lipinski definition) is 3. The van der Waals surface area contributed by atoms with Gasteiger partial charge in [-0.2, -0.15) is 0 Å². The Balaban J connectivity index is 1.57. The molecule has 3 N–H and O–H groups in total. The van der Waals surface area contributed by atoms with Crippen molar-refractivity contribution in [2.75, 3.05) is 12.4 Å². The molecule has 3 atom stereocenters. The van der Waals surface area contributed by atoms with Gasteiger partial charge in [0.25, 0.3) is 0 Å². The van der Waals surface area contributed by atoms with Crippen molar-refractivity contribution in [3.63, 3.8) is 0 Å². The van der Waals surface area contributed by atoms with Gasteiger partial charge in [-0.25, -0.2) is 4.79 Å². The predicted molar refractivity (Wildman–Crippen MR) is 98.4 cm³/mol. The molecule has 0 aliphatic carbocycles. The third-order valence-corrected chi connectivity index (χ3v) is 5.89. The third-order valence-electron chi connectivity index (χ3n) is 4.61. The molecule has 3 rings (SSSR count). The van der Waals surface area contributed by atoms with Crippen molar-refractivity contribution in [1.29, 1.82) is 0 Å². The molecule has 1 aromatic carbocycles. The Labute approximate surface area is 156 Å². The van der Waals surface area contributed by atoms with Crippen LogP contribution in [0.5, 0.6) is 0 Å². The van der Waals surface area contributed by atoms with Gasteiger partial charge < -0.3 is 15.4 Å². The molecule has 3 unspecified atom stereocenters. The number of carbonyl (C=O) groups excluding carboxylic acids is 3. The van der Waals surface area contributed by atoms with Crippen LogP contribution in [0.1, 0.15) is 24.5 Å². The van der Waals surface area contributed by atoms with Crippen molar-refractivity contribution in [3.05, 3.63) is 35.4 Å². The Bertz CT molecular complexity index is 697. The average molecular weight is 377 g/mol. The van der Waals surface area contributed by atoms with Crippen LogP contribution in [0.2, 0.25) is 0 Å². The molecule has 26 heavy (non-hydrogen) atoms. The van der Waals surface area contributed by atoms with Gasteiger partial charge in [-0.05, 0) is 36.6 Å². The maximum Gasteiger partial charge on any atom is 0.413 e. The molecule has 7 nitrogen and oxygen atoms in total. The molecule has 3 amide bonds. The zero-order valence-electron chi connectivity index (χ0n) is 14.6. The summed E-state index contributed by atoms with van der Waals surface area (Å²) in [5.74, 6) is -0.204. The molecule has 0 spiro atoms. The lowest BCUT2D eigenvalue weighted by Crippen LogP contribution is -2.52. The molecule has 1 aromatic rings. The van der Waals surface area contributed by atoms with Gasteiger partial charge in [0.15, 0.2) is 0 Å². The van der Waals surface area contributed by atoms with E-state index in [0.717, 1.165) is 5.75 Å². The highest BCUT2D eigenvalue weighted by Gasteiger charge is 2.37. The molecule has 1 saturated heterocycles. The summed E-state index contributed by atoms with van der Waals surface area (Å²) >= 11 is 1.52. The van der Waals surface area contributed by atoms with Crippen molar-refractivity contribution in [3.8, 4) is 0 Å². The van der Waals surface area contributed by atoms with Gasteiger partial charge in [-0.1, -0.05) is 24.3 Å². The van der Waals surface area contributed by atoms with Crippen LogP contribution in [-0.2, 0) is 27.3 Å². The van der Waals surface area contributed by atoms with E-state index in [1.54, 1.807) is 6.92 Å². The zero-order valence-corrected chi connectivity index (χ0v) is 15.4. The van der Waals surface area contributed by atoms with E-state index < -0.39 is 17.9 Å². The summed E-state index contributed by atoms with van der Waals surface area (Å²) in [5.41, 5.74) is 2.38. The van der Waals surface area contributed by atoms with E-state index in [-0.39, 0.29) is 23.9 Å². The van der Waals surface area contributed by atoms with Crippen molar-refractivity contribution in [2.24, 2.45) is 5.92 Å². The molecule has 0 saturated carbocycles. The number of fused-ring (bicyclic) bond motifs is 1. The van der Waals surface area contributed by atoms with Crippen LogP contribution in [0.25, 0.3) is 0 Å². The summed E-state index contributed by atoms with van der Waals surface area (Å²) in [6, 6.07) is 7.74. The maximum atomic E-state index is 12.6. The van der Waals surface area contributed by atoms with Gasteiger partial charge in [0.2, 0.25) is 11.8 Å². The summed E-state index contributed by atoms with van der Waals surface area (Å²) in [6.07, 6.45) is 0.492. The van der Waals surface area contributed by atoms with Crippen LogP contribution in [-0.4, -0.2) is 41.7 Å². The highest BCUT2D eigenvalue weighted by atomic mass is 32.2. The standard InChI is InChI=1S/C18H23N3O4S/c1-2-25-18(24)21-15(22)13-7-8-26-17(13)20-16(23)14-9-11-5-3-4-6-12(11)10-19-14/h3-6,13-14,17,19H,2,7-10H2,1H3,(H,20,23)(H,21,22,24). The number of thioether (sulfide) groups is 1. The highest BCUT2D eigenvalue weighted by molar-refractivity contribution is 8.00. The fourth-order valence-electron chi connectivity index (χ4n) is 3.24. The van der Waals surface area contributed by atoms with E-state index in [4.69, 9.17) is 4.74 Å². The first-order valence-corrected chi connectivity index (χ1v) is 9.83. The third kappa shape index (κ3) is 4.37. The minimum atomic E-state index is -0.745. The summed E-state index contributed by atoms with van der Waals surface area (Å²) in [6.45, 7) is 2.53. The smallest absolute Gasteiger partial charge is 0.413 e. The predicted octanol–water partition coefficient (Wildman–Crippen LogP) is 1.17. The molecule has 0 aromatic heterocycles. The minimum Gasteiger partial charge on any atom is -0.450 e. The Hall–Kier alpha value is -2.06. The fourth-order valence-corrected chi connectivity index (χ4v) is 4.58. The summed E-state index contributed by atoms with van der Waals surface area (Å²) in [5, 5.41) is 8.11. The Morgan fingerprint density at radius 3 is 2.77 bits per heavy atom. The SMILES string of the molecule is CCOC(=O)NC(=O)C1CCSC1NC(=O)C1Cc2ccccc2CN1. The molecule has 140 valence electrons. The van der Waals surface area contributed by atoms with Gasteiger partial charge in [0, 0.05) is 6.54 Å². The van der Waals surface area contributed by atoms with E-state index in [1.807, 2.05) is 18.2 Å². The number of amides is 3. The lowest BCUT2D eigenvalue weighted by atomic mass is 9.95. The maximum absolute atomic E-state index is 12.6. The second-order valence-corrected chi connectivity index (χ2v) is 7.56. The number of rotatable bonds is 4. The zero-order chi connectivity index (χ0) is 18.5. The van der Waals surface area contributed by atoms with Gasteiger partial charge in [0.05, 0.1) is 23.9 Å². The number of alkyl carbamates (subject to hydrolysis) is 1. The van der Waals surface area contributed by atoms with E-state index in [0.29, 0.717) is 19.4 Å². The Kier molecular flexibility index (Phi) is 6.16. The van der Waals surface area contributed by atoms with Crippen LogP contribution in [0.3, 0.4) is 0 Å². The molecule has 0 bridgehead atoms. The Morgan fingerprint density at radius 2 is 2.00 bits per heavy atom. The monoisotopic (exact) mass is 377 g/mol. The number of imide groups is 1. The van der Waals surface area contributed by atoms with E-state index in [9.17, 15) is 14.4 Å². The van der Waals surface area contributed by atoms with Crippen LogP contribution in [0, 0.1) is 5.92 Å². The summed E-state index contributed by atoms with van der Waals surface area (Å²) in [4.78, 5) is 36.4.